The predicted octanol–water partition coefficient (Wildman–Crippen LogP) is 4.89. The monoisotopic (exact) mass is 349 g/mol. The van der Waals surface area contributed by atoms with Gasteiger partial charge in [0.15, 0.2) is 11.5 Å². The van der Waals surface area contributed by atoms with E-state index in [1.807, 2.05) is 12.1 Å². The van der Waals surface area contributed by atoms with Gasteiger partial charge in [-0.15, -0.1) is 12.4 Å². The Kier molecular flexibility index (Phi) is 8.66. The highest BCUT2D eigenvalue weighted by atomic mass is 35.5. The molecule has 0 aliphatic carbocycles. The van der Waals surface area contributed by atoms with Crippen molar-refractivity contribution < 1.29 is 9.47 Å². The maximum atomic E-state index is 6.09. The Labute approximate surface area is 151 Å². The minimum absolute atomic E-state index is 0. The summed E-state index contributed by atoms with van der Waals surface area (Å²) in [6.07, 6.45) is 1.10. The Morgan fingerprint density at radius 3 is 2.42 bits per heavy atom. The summed E-state index contributed by atoms with van der Waals surface area (Å²) in [5.41, 5.74) is 3.53. The maximum Gasteiger partial charge on any atom is 0.166 e. The molecule has 24 heavy (non-hydrogen) atoms. The lowest BCUT2D eigenvalue weighted by Crippen LogP contribution is -2.24. The van der Waals surface area contributed by atoms with Gasteiger partial charge in [-0.25, -0.2) is 0 Å². The molecule has 0 aromatic heterocycles. The largest absolute Gasteiger partial charge is 0.493 e. The molecule has 0 radical (unpaired) electrons. The molecule has 1 atom stereocenters. The third-order valence-corrected chi connectivity index (χ3v) is 4.04. The third kappa shape index (κ3) is 5.73. The molecule has 0 aliphatic heterocycles. The van der Waals surface area contributed by atoms with Crippen LogP contribution < -0.4 is 14.8 Å². The Balaban J connectivity index is 0.00000288. The van der Waals surface area contributed by atoms with Crippen LogP contribution in [-0.2, 0) is 13.2 Å². The number of hydrogen-bond acceptors (Lipinski definition) is 3. The normalized spacial score (nSPS) is 11.5. The van der Waals surface area contributed by atoms with Gasteiger partial charge >= 0.3 is 0 Å². The van der Waals surface area contributed by atoms with Crippen molar-refractivity contribution in [2.45, 2.75) is 46.4 Å². The summed E-state index contributed by atoms with van der Waals surface area (Å²) < 4.78 is 11.6. The topological polar surface area (TPSA) is 30.5 Å². The second-order valence-corrected chi connectivity index (χ2v) is 5.91. The molecule has 1 N–H and O–H groups in total. The summed E-state index contributed by atoms with van der Waals surface area (Å²) in [6, 6.07) is 14.9. The lowest BCUT2D eigenvalue weighted by Gasteiger charge is -2.17. The molecule has 4 heteroatoms. The Morgan fingerprint density at radius 2 is 1.79 bits per heavy atom. The first-order valence-electron chi connectivity index (χ1n) is 8.21. The lowest BCUT2D eigenvalue weighted by atomic mass is 10.1. The van der Waals surface area contributed by atoms with E-state index in [0.29, 0.717) is 12.6 Å². The second kappa shape index (κ2) is 10.2. The zero-order valence-electron chi connectivity index (χ0n) is 15.0. The molecule has 0 amide bonds. The summed E-state index contributed by atoms with van der Waals surface area (Å²) in [5, 5.41) is 3.51. The molecule has 132 valence electrons. The lowest BCUT2D eigenvalue weighted by molar-refractivity contribution is 0.280. The highest BCUT2D eigenvalue weighted by molar-refractivity contribution is 5.85. The van der Waals surface area contributed by atoms with Gasteiger partial charge in [-0.1, -0.05) is 48.9 Å². The average molecular weight is 350 g/mol. The number of methoxy groups -OCH3 is 1. The van der Waals surface area contributed by atoms with E-state index in [1.54, 1.807) is 7.11 Å². The van der Waals surface area contributed by atoms with E-state index in [-0.39, 0.29) is 12.4 Å². The zero-order valence-corrected chi connectivity index (χ0v) is 15.8. The molecular weight excluding hydrogens is 322 g/mol. The van der Waals surface area contributed by atoms with Crippen molar-refractivity contribution in [2.24, 2.45) is 0 Å². The van der Waals surface area contributed by atoms with Gasteiger partial charge in [-0.05, 0) is 31.9 Å². The number of para-hydroxylation sites is 1. The fourth-order valence-corrected chi connectivity index (χ4v) is 2.29. The predicted molar refractivity (Wildman–Crippen MR) is 102 cm³/mol. The molecule has 0 bridgehead atoms. The van der Waals surface area contributed by atoms with E-state index in [2.05, 4.69) is 56.4 Å². The molecule has 0 spiro atoms. The van der Waals surface area contributed by atoms with Gasteiger partial charge < -0.3 is 14.8 Å². The number of nitrogens with one attached hydrogen (secondary N) is 1. The molecule has 0 saturated carbocycles. The van der Waals surface area contributed by atoms with Crippen molar-refractivity contribution >= 4 is 12.4 Å². The van der Waals surface area contributed by atoms with Gasteiger partial charge in [0.2, 0.25) is 0 Å². The van der Waals surface area contributed by atoms with Gasteiger partial charge in [-0.2, -0.15) is 0 Å². The molecule has 0 fully saturated rings. The van der Waals surface area contributed by atoms with E-state index in [1.165, 1.54) is 5.56 Å². The van der Waals surface area contributed by atoms with Gasteiger partial charge in [0.05, 0.1) is 7.11 Å². The summed E-state index contributed by atoms with van der Waals surface area (Å²) in [5.74, 6) is 1.60. The van der Waals surface area contributed by atoms with Gasteiger partial charge in [0.25, 0.3) is 0 Å². The summed E-state index contributed by atoms with van der Waals surface area (Å²) in [6.45, 7) is 7.76. The molecule has 3 nitrogen and oxygen atoms in total. The fraction of sp³-hybridized carbons (Fsp3) is 0.400. The summed E-state index contributed by atoms with van der Waals surface area (Å²) in [7, 11) is 1.68. The highest BCUT2D eigenvalue weighted by Gasteiger charge is 2.11. The smallest absolute Gasteiger partial charge is 0.166 e. The maximum absolute atomic E-state index is 6.09. The van der Waals surface area contributed by atoms with E-state index < -0.39 is 0 Å². The zero-order chi connectivity index (χ0) is 16.7. The van der Waals surface area contributed by atoms with E-state index in [9.17, 15) is 0 Å². The fourth-order valence-electron chi connectivity index (χ4n) is 2.29. The number of aryl methyl sites for hydroxylation is 1. The van der Waals surface area contributed by atoms with Gasteiger partial charge in [-0.3, -0.25) is 0 Å². The van der Waals surface area contributed by atoms with Crippen LogP contribution in [0, 0.1) is 6.92 Å². The summed E-state index contributed by atoms with van der Waals surface area (Å²) in [4.78, 5) is 0. The third-order valence-electron chi connectivity index (χ3n) is 4.04. The second-order valence-electron chi connectivity index (χ2n) is 5.91. The van der Waals surface area contributed by atoms with Crippen LogP contribution in [0.5, 0.6) is 11.5 Å². The van der Waals surface area contributed by atoms with Crippen LogP contribution in [0.25, 0.3) is 0 Å². The minimum Gasteiger partial charge on any atom is -0.493 e. The van der Waals surface area contributed by atoms with Crippen LogP contribution in [0.4, 0.5) is 0 Å². The minimum atomic E-state index is 0. The first-order chi connectivity index (χ1) is 11.1. The first kappa shape index (κ1) is 20.3. The highest BCUT2D eigenvalue weighted by Crippen LogP contribution is 2.32. The van der Waals surface area contributed by atoms with Gasteiger partial charge in [0, 0.05) is 18.2 Å². The SMILES string of the molecule is CCC(C)NCc1cccc(OC)c1OCc1ccc(C)cc1.Cl. The van der Waals surface area contributed by atoms with Crippen LogP contribution >= 0.6 is 12.4 Å². The van der Waals surface area contributed by atoms with Crippen molar-refractivity contribution in [2.75, 3.05) is 7.11 Å². The standard InChI is InChI=1S/C20H27NO2.ClH/c1-5-16(3)21-13-18-7-6-8-19(22-4)20(18)23-14-17-11-9-15(2)10-12-17;/h6-12,16,21H,5,13-14H2,1-4H3;1H. The van der Waals surface area contributed by atoms with Gasteiger partial charge in [0.1, 0.15) is 6.61 Å². The quantitative estimate of drug-likeness (QED) is 0.735. The first-order valence-corrected chi connectivity index (χ1v) is 8.21. The van der Waals surface area contributed by atoms with Crippen LogP contribution in [0.1, 0.15) is 37.0 Å². The van der Waals surface area contributed by atoms with Crippen molar-refractivity contribution in [1.82, 2.24) is 5.32 Å². The van der Waals surface area contributed by atoms with E-state index in [4.69, 9.17) is 9.47 Å². The number of rotatable bonds is 8. The van der Waals surface area contributed by atoms with Crippen LogP contribution in [0.15, 0.2) is 42.5 Å². The number of hydrogen-bond donors (Lipinski definition) is 1. The molecule has 0 heterocycles. The molecular formula is C20H28ClNO2. The Morgan fingerprint density at radius 1 is 1.08 bits per heavy atom. The van der Waals surface area contributed by atoms with Crippen LogP contribution in [0.2, 0.25) is 0 Å². The van der Waals surface area contributed by atoms with Crippen LogP contribution in [-0.4, -0.2) is 13.2 Å². The van der Waals surface area contributed by atoms with Crippen molar-refractivity contribution in [3.8, 4) is 11.5 Å². The Bertz CT molecular complexity index is 614. The van der Waals surface area contributed by atoms with Crippen LogP contribution in [0.3, 0.4) is 0 Å². The van der Waals surface area contributed by atoms with Crippen molar-refractivity contribution in [1.29, 1.82) is 0 Å². The molecule has 0 aliphatic rings. The molecule has 2 rings (SSSR count). The van der Waals surface area contributed by atoms with E-state index >= 15 is 0 Å². The molecule has 1 unspecified atom stereocenters. The average Bonchev–Trinajstić information content (AvgIpc) is 2.59. The molecule has 2 aromatic carbocycles. The summed E-state index contributed by atoms with van der Waals surface area (Å²) >= 11 is 0. The number of ether oxygens (including phenoxy) is 2. The van der Waals surface area contributed by atoms with Crippen molar-refractivity contribution in [3.05, 3.63) is 59.2 Å². The molecule has 0 saturated heterocycles. The number of benzene rings is 2. The molecule has 2 aromatic rings. The Hall–Kier alpha value is -1.71. The van der Waals surface area contributed by atoms with E-state index in [0.717, 1.165) is 35.6 Å². The number of halogens is 1. The van der Waals surface area contributed by atoms with Crippen molar-refractivity contribution in [3.63, 3.8) is 0 Å².